The molecular formula is C18H15ClFNO5. The van der Waals surface area contributed by atoms with Gasteiger partial charge in [-0.3, -0.25) is 14.4 Å². The van der Waals surface area contributed by atoms with Crippen molar-refractivity contribution in [3.05, 3.63) is 64.4 Å². The van der Waals surface area contributed by atoms with Gasteiger partial charge < -0.3 is 14.8 Å². The molecule has 0 aromatic heterocycles. The number of Topliss-reactive ketones (excluding diaryl/α,β-unsaturated/α-hetero) is 1. The molecule has 0 aliphatic rings. The van der Waals surface area contributed by atoms with E-state index in [0.717, 1.165) is 12.1 Å². The second-order valence-electron chi connectivity index (χ2n) is 5.12. The van der Waals surface area contributed by atoms with E-state index in [1.54, 1.807) is 12.1 Å². The highest BCUT2D eigenvalue weighted by Gasteiger charge is 2.16. The maximum absolute atomic E-state index is 13.3. The van der Waals surface area contributed by atoms with Crippen molar-refractivity contribution in [1.82, 2.24) is 5.32 Å². The van der Waals surface area contributed by atoms with Crippen LogP contribution in [0.3, 0.4) is 0 Å². The Kier molecular flexibility index (Phi) is 6.68. The minimum absolute atomic E-state index is 0.0366. The normalized spacial score (nSPS) is 10.1. The van der Waals surface area contributed by atoms with Gasteiger partial charge in [0, 0.05) is 10.6 Å². The van der Waals surface area contributed by atoms with E-state index in [2.05, 4.69) is 5.32 Å². The average molecular weight is 380 g/mol. The van der Waals surface area contributed by atoms with Gasteiger partial charge in [-0.15, -0.1) is 0 Å². The molecule has 26 heavy (non-hydrogen) atoms. The van der Waals surface area contributed by atoms with Gasteiger partial charge >= 0.3 is 5.97 Å². The van der Waals surface area contributed by atoms with Crippen LogP contribution < -0.4 is 10.1 Å². The highest BCUT2D eigenvalue weighted by molar-refractivity contribution is 6.30. The van der Waals surface area contributed by atoms with Crippen LogP contribution in [0.2, 0.25) is 5.02 Å². The molecule has 1 N–H and O–H groups in total. The molecule has 0 radical (unpaired) electrons. The third-order valence-corrected chi connectivity index (χ3v) is 3.58. The fourth-order valence-electron chi connectivity index (χ4n) is 2.03. The first-order valence-corrected chi connectivity index (χ1v) is 7.84. The third-order valence-electron chi connectivity index (χ3n) is 3.33. The van der Waals surface area contributed by atoms with Crippen molar-refractivity contribution in [3.8, 4) is 5.75 Å². The molecule has 0 unspecified atom stereocenters. The molecule has 0 fully saturated rings. The van der Waals surface area contributed by atoms with E-state index in [-0.39, 0.29) is 11.3 Å². The average Bonchev–Trinajstić information content (AvgIpc) is 2.64. The predicted molar refractivity (Wildman–Crippen MR) is 92.0 cm³/mol. The van der Waals surface area contributed by atoms with Crippen molar-refractivity contribution in [2.24, 2.45) is 0 Å². The summed E-state index contributed by atoms with van der Waals surface area (Å²) in [5.41, 5.74) is 0.285. The van der Waals surface area contributed by atoms with Crippen molar-refractivity contribution in [2.75, 3.05) is 20.3 Å². The number of esters is 1. The van der Waals surface area contributed by atoms with Gasteiger partial charge in [-0.25, -0.2) is 4.39 Å². The third kappa shape index (κ3) is 5.29. The molecule has 2 aromatic carbocycles. The summed E-state index contributed by atoms with van der Waals surface area (Å²) in [4.78, 5) is 35.6. The van der Waals surface area contributed by atoms with Crippen molar-refractivity contribution >= 4 is 29.3 Å². The zero-order valence-electron chi connectivity index (χ0n) is 13.8. The molecule has 0 bridgehead atoms. The van der Waals surface area contributed by atoms with E-state index < -0.39 is 36.6 Å². The Morgan fingerprint density at radius 1 is 1.12 bits per heavy atom. The van der Waals surface area contributed by atoms with Gasteiger partial charge in [-0.2, -0.15) is 0 Å². The highest BCUT2D eigenvalue weighted by atomic mass is 35.5. The molecule has 2 aromatic rings. The molecule has 1 amide bonds. The van der Waals surface area contributed by atoms with Gasteiger partial charge in [0.05, 0.1) is 12.7 Å². The van der Waals surface area contributed by atoms with Gasteiger partial charge in [-0.05, 0) is 42.5 Å². The summed E-state index contributed by atoms with van der Waals surface area (Å²) in [7, 11) is 1.34. The summed E-state index contributed by atoms with van der Waals surface area (Å²) in [6.07, 6.45) is 0. The summed E-state index contributed by atoms with van der Waals surface area (Å²) < 4.78 is 23.0. The van der Waals surface area contributed by atoms with Crippen LogP contribution in [0.25, 0.3) is 0 Å². The van der Waals surface area contributed by atoms with Gasteiger partial charge in [0.2, 0.25) is 5.78 Å². The number of benzene rings is 2. The first-order chi connectivity index (χ1) is 12.4. The maximum atomic E-state index is 13.3. The minimum atomic E-state index is -0.809. The zero-order chi connectivity index (χ0) is 19.1. The number of carbonyl (C=O) groups is 3. The van der Waals surface area contributed by atoms with Crippen LogP contribution in [0.4, 0.5) is 4.39 Å². The second kappa shape index (κ2) is 8.96. The number of nitrogens with one attached hydrogen (secondary N) is 1. The molecule has 0 atom stereocenters. The van der Waals surface area contributed by atoms with E-state index in [0.29, 0.717) is 10.6 Å². The number of hydrogen-bond acceptors (Lipinski definition) is 5. The fraction of sp³-hybridized carbons (Fsp3) is 0.167. The van der Waals surface area contributed by atoms with E-state index in [9.17, 15) is 18.8 Å². The Bertz CT molecular complexity index is 823. The lowest BCUT2D eigenvalue weighted by Gasteiger charge is -2.09. The number of ether oxygens (including phenoxy) is 2. The number of amides is 1. The van der Waals surface area contributed by atoms with Crippen LogP contribution in [-0.2, 0) is 9.53 Å². The molecule has 8 heteroatoms. The molecule has 0 saturated carbocycles. The van der Waals surface area contributed by atoms with Gasteiger partial charge in [0.25, 0.3) is 5.91 Å². The van der Waals surface area contributed by atoms with E-state index in [4.69, 9.17) is 21.1 Å². The Morgan fingerprint density at radius 2 is 1.81 bits per heavy atom. The van der Waals surface area contributed by atoms with Crippen molar-refractivity contribution in [3.63, 3.8) is 0 Å². The number of carbonyl (C=O) groups excluding carboxylic acids is 3. The molecule has 2 rings (SSSR count). The number of halogens is 2. The topological polar surface area (TPSA) is 81.7 Å². The first kappa shape index (κ1) is 19.4. The molecule has 0 saturated heterocycles. The van der Waals surface area contributed by atoms with Gasteiger partial charge in [0.1, 0.15) is 18.1 Å². The van der Waals surface area contributed by atoms with Crippen LogP contribution >= 0.6 is 11.6 Å². The predicted octanol–water partition coefficient (Wildman–Crippen LogP) is 2.64. The quantitative estimate of drug-likeness (QED) is 0.590. The Hall–Kier alpha value is -2.93. The molecule has 0 aliphatic carbocycles. The van der Waals surface area contributed by atoms with Crippen LogP contribution in [0.1, 0.15) is 20.7 Å². The smallest absolute Gasteiger partial charge is 0.325 e. The second-order valence-corrected chi connectivity index (χ2v) is 5.55. The van der Waals surface area contributed by atoms with Crippen molar-refractivity contribution < 1.29 is 28.2 Å². The lowest BCUT2D eigenvalue weighted by atomic mass is 10.1. The summed E-state index contributed by atoms with van der Waals surface area (Å²) in [5.74, 6) is -2.37. The standard InChI is InChI=1S/C18H15ClFNO5/c1-25-16-7-6-13(20)8-14(16)15(22)10-26-17(23)9-21-18(24)11-2-4-12(19)5-3-11/h2-8H,9-10H2,1H3,(H,21,24). The zero-order valence-corrected chi connectivity index (χ0v) is 14.5. The number of hydrogen-bond donors (Lipinski definition) is 1. The van der Waals surface area contributed by atoms with Crippen molar-refractivity contribution in [1.29, 1.82) is 0 Å². The first-order valence-electron chi connectivity index (χ1n) is 7.47. The highest BCUT2D eigenvalue weighted by Crippen LogP contribution is 2.19. The fourth-order valence-corrected chi connectivity index (χ4v) is 2.15. The summed E-state index contributed by atoms with van der Waals surface area (Å²) in [6, 6.07) is 9.53. The SMILES string of the molecule is COc1ccc(F)cc1C(=O)COC(=O)CNC(=O)c1ccc(Cl)cc1. The number of methoxy groups -OCH3 is 1. The van der Waals surface area contributed by atoms with Crippen LogP contribution in [0.15, 0.2) is 42.5 Å². The Balaban J connectivity index is 1.85. The van der Waals surface area contributed by atoms with Crippen molar-refractivity contribution in [2.45, 2.75) is 0 Å². The van der Waals surface area contributed by atoms with E-state index in [1.807, 2.05) is 0 Å². The Labute approximate surface area is 153 Å². The summed E-state index contributed by atoms with van der Waals surface area (Å²) in [5, 5.41) is 2.84. The van der Waals surface area contributed by atoms with Gasteiger partial charge in [0.15, 0.2) is 6.61 Å². The lowest BCUT2D eigenvalue weighted by Crippen LogP contribution is -2.31. The summed E-state index contributed by atoms with van der Waals surface area (Å²) in [6.45, 7) is -1.02. The molecular weight excluding hydrogens is 365 g/mol. The monoisotopic (exact) mass is 379 g/mol. The lowest BCUT2D eigenvalue weighted by molar-refractivity contribution is -0.141. The van der Waals surface area contributed by atoms with Gasteiger partial charge in [-0.1, -0.05) is 11.6 Å². The number of ketones is 1. The molecule has 0 heterocycles. The number of rotatable bonds is 7. The minimum Gasteiger partial charge on any atom is -0.496 e. The van der Waals surface area contributed by atoms with Crippen LogP contribution in [0.5, 0.6) is 5.75 Å². The van der Waals surface area contributed by atoms with Crippen LogP contribution in [0, 0.1) is 5.82 Å². The molecule has 136 valence electrons. The van der Waals surface area contributed by atoms with E-state index in [1.165, 1.54) is 25.3 Å². The maximum Gasteiger partial charge on any atom is 0.325 e. The Morgan fingerprint density at radius 3 is 2.46 bits per heavy atom. The van der Waals surface area contributed by atoms with Crippen LogP contribution in [-0.4, -0.2) is 37.9 Å². The molecule has 0 spiro atoms. The largest absolute Gasteiger partial charge is 0.496 e. The van der Waals surface area contributed by atoms with E-state index >= 15 is 0 Å². The molecule has 0 aliphatic heterocycles. The molecule has 6 nitrogen and oxygen atoms in total. The summed E-state index contributed by atoms with van der Waals surface area (Å²) >= 11 is 5.73.